The lowest BCUT2D eigenvalue weighted by molar-refractivity contribution is -0.161. The molecule has 3 unspecified atom stereocenters. The smallest absolute Gasteiger partial charge is 0.462 e. The van der Waals surface area contributed by atoms with Gasteiger partial charge in [-0.05, 0) is 31.6 Å². The van der Waals surface area contributed by atoms with Gasteiger partial charge in [-0.2, -0.15) is 0 Å². The van der Waals surface area contributed by atoms with E-state index >= 15 is 0 Å². The minimum atomic E-state index is -4.96. The summed E-state index contributed by atoms with van der Waals surface area (Å²) in [6.07, 6.45) is 66.5. The van der Waals surface area contributed by atoms with Crippen molar-refractivity contribution >= 4 is 39.5 Å². The first-order chi connectivity index (χ1) is 49.1. The number of ether oxygens (including phenoxy) is 4. The molecule has 19 heteroatoms. The van der Waals surface area contributed by atoms with Crippen molar-refractivity contribution in [2.75, 3.05) is 39.6 Å². The average Bonchev–Trinajstić information content (AvgIpc) is 0.956. The quantitative estimate of drug-likeness (QED) is 0.0222. The Hall–Kier alpha value is -1.94. The average molecular weight is 1480 g/mol. The first-order valence-electron chi connectivity index (χ1n) is 42.7. The minimum absolute atomic E-state index is 0.108. The molecular formula is C82H160O17P2. The van der Waals surface area contributed by atoms with E-state index < -0.39 is 97.5 Å². The standard InChI is InChI=1S/C82H160O17P2/c1-6-10-13-16-19-22-25-28-31-33-34-35-37-40-43-46-53-58-63-68-82(87)98-77(71-92-79(84)65-60-55-50-44-41-39-36-32-29-26-23-20-17-14-11-7-2)73-96-100(88,89)94-69-76(83)70-95-101(90,91)97-74-78(72-93-80(85)66-61-56-51-48-47-49-54-59-64-75(5)9-4)99-81(86)67-62-57-52-45-42-38-30-27-24-21-18-15-12-8-3/h75-78,83H,6-74H2,1-5H3,(H,88,89)(H,90,91)/t75?,76-,77-,78-/m1/s1. The molecule has 0 fully saturated rings. The Bertz CT molecular complexity index is 1930. The molecule has 0 aliphatic carbocycles. The molecule has 600 valence electrons. The lowest BCUT2D eigenvalue weighted by Crippen LogP contribution is -2.30. The van der Waals surface area contributed by atoms with E-state index in [1.54, 1.807) is 0 Å². The van der Waals surface area contributed by atoms with Gasteiger partial charge in [0, 0.05) is 25.7 Å². The van der Waals surface area contributed by atoms with E-state index in [0.29, 0.717) is 25.7 Å². The van der Waals surface area contributed by atoms with Crippen LogP contribution >= 0.6 is 15.6 Å². The molecule has 3 N–H and O–H groups in total. The van der Waals surface area contributed by atoms with E-state index in [2.05, 4.69) is 34.6 Å². The first-order valence-corrected chi connectivity index (χ1v) is 45.7. The lowest BCUT2D eigenvalue weighted by atomic mass is 9.99. The van der Waals surface area contributed by atoms with Crippen LogP contribution in [0.25, 0.3) is 0 Å². The molecule has 0 rings (SSSR count). The number of unbranched alkanes of at least 4 members (excludes halogenated alkanes) is 53. The summed E-state index contributed by atoms with van der Waals surface area (Å²) in [5, 5.41) is 10.7. The lowest BCUT2D eigenvalue weighted by Gasteiger charge is -2.21. The number of carbonyl (C=O) groups is 4. The number of phosphoric ester groups is 2. The van der Waals surface area contributed by atoms with Gasteiger partial charge in [0.2, 0.25) is 0 Å². The Morgan fingerprint density at radius 1 is 0.277 bits per heavy atom. The largest absolute Gasteiger partial charge is 0.472 e. The van der Waals surface area contributed by atoms with E-state index in [1.807, 2.05) is 0 Å². The minimum Gasteiger partial charge on any atom is -0.462 e. The highest BCUT2D eigenvalue weighted by Gasteiger charge is 2.30. The van der Waals surface area contributed by atoms with Crippen molar-refractivity contribution < 1.29 is 80.2 Å². The van der Waals surface area contributed by atoms with Gasteiger partial charge in [-0.15, -0.1) is 0 Å². The molecule has 0 spiro atoms. The Balaban J connectivity index is 5.26. The fourth-order valence-electron chi connectivity index (χ4n) is 12.7. The highest BCUT2D eigenvalue weighted by molar-refractivity contribution is 7.47. The van der Waals surface area contributed by atoms with Crippen LogP contribution in [-0.2, 0) is 65.4 Å². The maximum absolute atomic E-state index is 13.1. The zero-order valence-electron chi connectivity index (χ0n) is 66.1. The van der Waals surface area contributed by atoms with Gasteiger partial charge in [-0.25, -0.2) is 9.13 Å². The van der Waals surface area contributed by atoms with Crippen molar-refractivity contribution in [3.05, 3.63) is 0 Å². The van der Waals surface area contributed by atoms with Crippen molar-refractivity contribution in [2.24, 2.45) is 5.92 Å². The number of aliphatic hydroxyl groups is 1. The SMILES string of the molecule is CCCCCCCCCCCCCCCCCCCCCC(=O)O[C@H](COC(=O)CCCCCCCCCCCCCCCCCC)COP(=O)(O)OC[C@@H](O)COP(=O)(O)OC[C@@H](COC(=O)CCCCCCCCCCC(C)CC)OC(=O)CCCCCCCCCCCCCCCC. The van der Waals surface area contributed by atoms with Gasteiger partial charge < -0.3 is 33.8 Å². The predicted molar refractivity (Wildman–Crippen MR) is 414 cm³/mol. The van der Waals surface area contributed by atoms with Gasteiger partial charge in [0.25, 0.3) is 0 Å². The number of phosphoric acid groups is 2. The number of rotatable bonds is 82. The number of hydrogen-bond donors (Lipinski definition) is 3. The summed E-state index contributed by atoms with van der Waals surface area (Å²) >= 11 is 0. The molecule has 6 atom stereocenters. The van der Waals surface area contributed by atoms with Crippen molar-refractivity contribution in [1.29, 1.82) is 0 Å². The fourth-order valence-corrected chi connectivity index (χ4v) is 14.3. The van der Waals surface area contributed by atoms with Crippen LogP contribution in [0.1, 0.15) is 439 Å². The molecule has 101 heavy (non-hydrogen) atoms. The fraction of sp³-hybridized carbons (Fsp3) is 0.951. The first kappa shape index (κ1) is 99.1. The normalized spacial score (nSPS) is 14.1. The molecule has 0 aromatic heterocycles. The van der Waals surface area contributed by atoms with Gasteiger partial charge >= 0.3 is 39.5 Å². The monoisotopic (exact) mass is 1480 g/mol. The highest BCUT2D eigenvalue weighted by atomic mass is 31.2. The van der Waals surface area contributed by atoms with Gasteiger partial charge in [0.1, 0.15) is 19.3 Å². The third-order valence-electron chi connectivity index (χ3n) is 19.6. The van der Waals surface area contributed by atoms with Crippen LogP contribution in [-0.4, -0.2) is 96.7 Å². The Kier molecular flexibility index (Phi) is 73.5. The molecule has 0 heterocycles. The van der Waals surface area contributed by atoms with E-state index in [-0.39, 0.29) is 25.7 Å². The number of hydrogen-bond acceptors (Lipinski definition) is 15. The van der Waals surface area contributed by atoms with Crippen molar-refractivity contribution in [3.8, 4) is 0 Å². The summed E-state index contributed by atoms with van der Waals surface area (Å²) in [7, 11) is -9.92. The molecule has 17 nitrogen and oxygen atoms in total. The van der Waals surface area contributed by atoms with Crippen LogP contribution in [0.5, 0.6) is 0 Å². The molecule has 0 aliphatic heterocycles. The summed E-state index contributed by atoms with van der Waals surface area (Å²) in [5.41, 5.74) is 0. The summed E-state index contributed by atoms with van der Waals surface area (Å²) < 4.78 is 68.8. The summed E-state index contributed by atoms with van der Waals surface area (Å²) in [5.74, 6) is -1.33. The molecule has 0 saturated heterocycles. The summed E-state index contributed by atoms with van der Waals surface area (Å²) in [6, 6.07) is 0. The van der Waals surface area contributed by atoms with Crippen LogP contribution in [0.3, 0.4) is 0 Å². The van der Waals surface area contributed by atoms with E-state index in [9.17, 15) is 43.2 Å². The van der Waals surface area contributed by atoms with Crippen molar-refractivity contribution in [1.82, 2.24) is 0 Å². The van der Waals surface area contributed by atoms with Crippen LogP contribution in [0.4, 0.5) is 0 Å². The van der Waals surface area contributed by atoms with Crippen LogP contribution in [0, 0.1) is 5.92 Å². The maximum Gasteiger partial charge on any atom is 0.472 e. The van der Waals surface area contributed by atoms with E-state index in [4.69, 9.17) is 37.0 Å². The van der Waals surface area contributed by atoms with Crippen molar-refractivity contribution in [2.45, 2.75) is 457 Å². The second-order valence-electron chi connectivity index (χ2n) is 29.8. The Morgan fingerprint density at radius 3 is 0.703 bits per heavy atom. The molecular weight excluding hydrogens is 1320 g/mol. The summed E-state index contributed by atoms with van der Waals surface area (Å²) in [6.45, 7) is 7.35. The molecule has 0 saturated carbocycles. The third kappa shape index (κ3) is 74.7. The zero-order chi connectivity index (χ0) is 74.1. The second kappa shape index (κ2) is 74.9. The van der Waals surface area contributed by atoms with Gasteiger partial charge in [-0.3, -0.25) is 37.3 Å². The zero-order valence-corrected chi connectivity index (χ0v) is 67.8. The molecule has 0 amide bonds. The number of aliphatic hydroxyl groups excluding tert-OH is 1. The molecule has 0 aromatic rings. The summed E-state index contributed by atoms with van der Waals surface area (Å²) in [4.78, 5) is 73.1. The highest BCUT2D eigenvalue weighted by Crippen LogP contribution is 2.45. The van der Waals surface area contributed by atoms with Gasteiger partial charge in [0.05, 0.1) is 26.4 Å². The second-order valence-corrected chi connectivity index (χ2v) is 32.7. The molecule has 0 bridgehead atoms. The van der Waals surface area contributed by atoms with Gasteiger partial charge in [0.15, 0.2) is 12.2 Å². The van der Waals surface area contributed by atoms with Crippen LogP contribution < -0.4 is 0 Å². The Labute approximate surface area is 619 Å². The van der Waals surface area contributed by atoms with Crippen LogP contribution in [0.15, 0.2) is 0 Å². The van der Waals surface area contributed by atoms with Crippen LogP contribution in [0.2, 0.25) is 0 Å². The molecule has 0 radical (unpaired) electrons. The number of carbonyl (C=O) groups excluding carboxylic acids is 4. The molecule has 0 aliphatic rings. The third-order valence-corrected chi connectivity index (χ3v) is 21.5. The molecule has 0 aromatic carbocycles. The number of esters is 4. The topological polar surface area (TPSA) is 237 Å². The van der Waals surface area contributed by atoms with Gasteiger partial charge in [-0.1, -0.05) is 388 Å². The Morgan fingerprint density at radius 2 is 0.475 bits per heavy atom. The van der Waals surface area contributed by atoms with E-state index in [0.717, 1.165) is 95.8 Å². The van der Waals surface area contributed by atoms with Crippen molar-refractivity contribution in [3.63, 3.8) is 0 Å². The predicted octanol–water partition coefficient (Wildman–Crippen LogP) is 24.8. The van der Waals surface area contributed by atoms with E-state index in [1.165, 1.54) is 263 Å². The maximum atomic E-state index is 13.1.